The third-order valence-electron chi connectivity index (χ3n) is 14.9. The Morgan fingerprint density at radius 3 is 2.45 bits per heavy atom. The first-order chi connectivity index (χ1) is 27.4. The van der Waals surface area contributed by atoms with Crippen molar-refractivity contribution in [2.45, 2.75) is 108 Å². The molecular weight excluding hydrogens is 691 g/mol. The van der Waals surface area contributed by atoms with E-state index in [1.165, 1.54) is 44.6 Å². The number of carbonyl (C=O) groups excluding carboxylic acids is 1. The number of aldehydes is 1. The molecule has 294 valence electrons. The lowest BCUT2D eigenvalue weighted by atomic mass is 9.47. The van der Waals surface area contributed by atoms with E-state index in [2.05, 4.69) is 85.0 Å². The molecule has 8 rings (SSSR count). The van der Waals surface area contributed by atoms with Crippen LogP contribution in [0.15, 0.2) is 90.5 Å². The maximum absolute atomic E-state index is 13.6. The van der Waals surface area contributed by atoms with Crippen LogP contribution in [0.25, 0.3) is 12.2 Å². The van der Waals surface area contributed by atoms with Gasteiger partial charge in [0.25, 0.3) is 0 Å². The van der Waals surface area contributed by atoms with Gasteiger partial charge in [-0.15, -0.1) is 0 Å². The molecule has 0 heterocycles. The molecule has 0 radical (unpaired) electrons. The van der Waals surface area contributed by atoms with E-state index in [0.29, 0.717) is 42.6 Å². The summed E-state index contributed by atoms with van der Waals surface area (Å²) in [5.41, 5.74) is 12.0. The number of nitrogens with two attached hydrogens (primary N) is 1. The molecule has 3 aromatic carbocycles. The predicted molar refractivity (Wildman–Crippen MR) is 225 cm³/mol. The number of hydrogen-bond acceptors (Lipinski definition) is 4. The van der Waals surface area contributed by atoms with Gasteiger partial charge in [-0.2, -0.15) is 0 Å². The molecule has 2 bridgehead atoms. The fraction of sp³-hybridized carbons (Fsp3) is 0.490. The van der Waals surface area contributed by atoms with Crippen LogP contribution in [0.4, 0.5) is 0 Å². The number of aryl methyl sites for hydroxylation is 1. The second-order valence-corrected chi connectivity index (χ2v) is 18.0. The number of fused-ring (bicyclic) bond motifs is 3. The van der Waals surface area contributed by atoms with E-state index in [0.717, 1.165) is 89.9 Å². The zero-order chi connectivity index (χ0) is 38.6. The SMILES string of the molecule is NCCC1=CC(C(C=O)CCCCCC2CC=CCC(C(=O)O)C34CC5C=c6ccccc6=CC5CC3CCc3ccc(cc34)CC2c2ccc(O)cc2)CC1. The van der Waals surface area contributed by atoms with E-state index < -0.39 is 17.3 Å². The molecule has 0 saturated heterocycles. The number of unbranched alkanes of at least 4 members (excludes halogenated alkanes) is 2. The van der Waals surface area contributed by atoms with Gasteiger partial charge < -0.3 is 20.7 Å². The van der Waals surface area contributed by atoms with Crippen LogP contribution in [-0.2, 0) is 27.8 Å². The summed E-state index contributed by atoms with van der Waals surface area (Å²) in [6.07, 6.45) is 27.5. The summed E-state index contributed by atoms with van der Waals surface area (Å²) in [7, 11) is 0. The van der Waals surface area contributed by atoms with Crippen LogP contribution in [0.2, 0.25) is 0 Å². The van der Waals surface area contributed by atoms with E-state index in [4.69, 9.17) is 5.73 Å². The lowest BCUT2D eigenvalue weighted by Crippen LogP contribution is -2.54. The molecule has 1 saturated carbocycles. The predicted octanol–water partition coefficient (Wildman–Crippen LogP) is 8.94. The minimum Gasteiger partial charge on any atom is -0.508 e. The number of phenolic OH excluding ortho intramolecular Hbond substituents is 1. The molecule has 4 N–H and O–H groups in total. The van der Waals surface area contributed by atoms with Crippen LogP contribution in [0.3, 0.4) is 0 Å². The van der Waals surface area contributed by atoms with Gasteiger partial charge in [0.1, 0.15) is 12.0 Å². The van der Waals surface area contributed by atoms with Gasteiger partial charge in [-0.3, -0.25) is 4.79 Å². The van der Waals surface area contributed by atoms with Crippen molar-refractivity contribution in [1.82, 2.24) is 0 Å². The van der Waals surface area contributed by atoms with Crippen LogP contribution in [0, 0.1) is 41.4 Å². The number of rotatable bonds is 12. The molecule has 3 aromatic rings. The molecule has 5 aliphatic carbocycles. The Kier molecular flexibility index (Phi) is 11.8. The highest BCUT2D eigenvalue weighted by molar-refractivity contribution is 5.74. The molecule has 5 aliphatic rings. The molecule has 5 nitrogen and oxygen atoms in total. The van der Waals surface area contributed by atoms with E-state index in [1.54, 1.807) is 0 Å². The second-order valence-electron chi connectivity index (χ2n) is 18.0. The van der Waals surface area contributed by atoms with Gasteiger partial charge in [0.05, 0.1) is 5.92 Å². The summed E-state index contributed by atoms with van der Waals surface area (Å²) < 4.78 is 0. The summed E-state index contributed by atoms with van der Waals surface area (Å²) in [5.74, 6) is 1.27. The fourth-order valence-corrected chi connectivity index (χ4v) is 12.1. The summed E-state index contributed by atoms with van der Waals surface area (Å²) in [4.78, 5) is 25.8. The molecule has 1 fully saturated rings. The molecule has 5 heteroatoms. The van der Waals surface area contributed by atoms with Crippen LogP contribution >= 0.6 is 0 Å². The largest absolute Gasteiger partial charge is 0.508 e. The number of hydrogen-bond donors (Lipinski definition) is 3. The van der Waals surface area contributed by atoms with Crippen LogP contribution in [-0.4, -0.2) is 29.0 Å². The van der Waals surface area contributed by atoms with Gasteiger partial charge in [-0.05, 0) is 164 Å². The normalized spacial score (nSPS) is 29.8. The van der Waals surface area contributed by atoms with Crippen molar-refractivity contribution in [3.63, 3.8) is 0 Å². The first-order valence-corrected chi connectivity index (χ1v) is 21.8. The molecule has 1 spiro atoms. The van der Waals surface area contributed by atoms with Crippen molar-refractivity contribution in [3.05, 3.63) is 123 Å². The minimum atomic E-state index is -0.663. The average molecular weight is 752 g/mol. The second kappa shape index (κ2) is 17.1. The fourth-order valence-electron chi connectivity index (χ4n) is 12.1. The van der Waals surface area contributed by atoms with E-state index in [1.807, 2.05) is 12.1 Å². The van der Waals surface area contributed by atoms with Gasteiger partial charge in [-0.25, -0.2) is 0 Å². The third-order valence-corrected chi connectivity index (χ3v) is 14.9. The number of carboxylic acids is 1. The number of carboxylic acid groups (broad SMARTS) is 1. The molecule has 9 unspecified atom stereocenters. The standard InChI is InChI=1S/C51H61NO4/c52-25-24-34-14-17-41(26-34)42(33-53)12-3-1-2-8-36-9-6-7-13-48(50(55)56)51-32-44-30-40-11-5-4-10-39(40)29-43(44)31-45(51)21-18-38-16-15-35(28-49(38)51)27-47(36)37-19-22-46(54)23-20-37/h4-7,10-11,15-16,19-20,22-23,26,28-30,33,36,41-45,47-48,54H,1-3,8-9,12-14,17-18,21,24-25,27,31-32,52H2,(H,55,56). The smallest absolute Gasteiger partial charge is 0.307 e. The highest BCUT2D eigenvalue weighted by atomic mass is 16.4. The minimum absolute atomic E-state index is 0.0911. The van der Waals surface area contributed by atoms with Crippen molar-refractivity contribution in [1.29, 1.82) is 0 Å². The van der Waals surface area contributed by atoms with E-state index in [9.17, 15) is 19.8 Å². The molecular formula is C51H61NO4. The summed E-state index contributed by atoms with van der Waals surface area (Å²) >= 11 is 0. The van der Waals surface area contributed by atoms with Gasteiger partial charge in [-0.1, -0.05) is 110 Å². The van der Waals surface area contributed by atoms with Crippen molar-refractivity contribution >= 4 is 24.4 Å². The van der Waals surface area contributed by atoms with Gasteiger partial charge in [0.2, 0.25) is 0 Å². The third kappa shape index (κ3) is 7.86. The number of carbonyl (C=O) groups is 2. The Balaban J connectivity index is 1.08. The molecule has 9 atom stereocenters. The monoisotopic (exact) mass is 751 g/mol. The quantitative estimate of drug-likeness (QED) is 0.0976. The van der Waals surface area contributed by atoms with Crippen molar-refractivity contribution in [2.75, 3.05) is 6.54 Å². The zero-order valence-electron chi connectivity index (χ0n) is 33.0. The molecule has 0 amide bonds. The summed E-state index contributed by atoms with van der Waals surface area (Å²) in [6.45, 7) is 0.675. The Morgan fingerprint density at radius 2 is 1.68 bits per heavy atom. The van der Waals surface area contributed by atoms with Gasteiger partial charge in [0.15, 0.2) is 0 Å². The Bertz CT molecular complexity index is 2060. The Morgan fingerprint density at radius 1 is 0.893 bits per heavy atom. The molecule has 0 aliphatic heterocycles. The van der Waals surface area contributed by atoms with Crippen molar-refractivity contribution < 1.29 is 19.8 Å². The first kappa shape index (κ1) is 38.6. The average Bonchev–Trinajstić information content (AvgIpc) is 3.67. The maximum atomic E-state index is 13.6. The number of aromatic hydroxyl groups is 1. The number of phenols is 1. The summed E-state index contributed by atoms with van der Waals surface area (Å²) in [6, 6.07) is 23.7. The summed E-state index contributed by atoms with van der Waals surface area (Å²) in [5, 5.41) is 24.0. The number of allylic oxidation sites excluding steroid dienone is 3. The first-order valence-electron chi connectivity index (χ1n) is 21.8. The van der Waals surface area contributed by atoms with E-state index in [-0.39, 0.29) is 17.6 Å². The molecule has 0 aromatic heterocycles. The van der Waals surface area contributed by atoms with Crippen LogP contribution in [0.1, 0.15) is 112 Å². The van der Waals surface area contributed by atoms with Crippen LogP contribution < -0.4 is 16.2 Å². The highest BCUT2D eigenvalue weighted by Gasteiger charge is 2.56. The lowest BCUT2D eigenvalue weighted by Gasteiger charge is -2.55. The van der Waals surface area contributed by atoms with E-state index >= 15 is 0 Å². The van der Waals surface area contributed by atoms with Gasteiger partial charge in [0, 0.05) is 11.3 Å². The molecule has 56 heavy (non-hydrogen) atoms. The topological polar surface area (TPSA) is 101 Å². The highest BCUT2D eigenvalue weighted by Crippen LogP contribution is 2.59. The lowest BCUT2D eigenvalue weighted by molar-refractivity contribution is -0.147. The maximum Gasteiger partial charge on any atom is 0.307 e. The number of aliphatic carboxylic acids is 1. The van der Waals surface area contributed by atoms with Crippen molar-refractivity contribution in [2.24, 2.45) is 47.2 Å². The Hall–Kier alpha value is -4.22. The van der Waals surface area contributed by atoms with Crippen molar-refractivity contribution in [3.8, 4) is 5.75 Å². The van der Waals surface area contributed by atoms with Crippen LogP contribution in [0.5, 0.6) is 5.75 Å². The Labute approximate surface area is 333 Å². The number of benzene rings is 3. The zero-order valence-corrected chi connectivity index (χ0v) is 33.0. The van der Waals surface area contributed by atoms with Gasteiger partial charge >= 0.3 is 5.97 Å².